The Morgan fingerprint density at radius 3 is 2.62 bits per heavy atom. The Labute approximate surface area is 128 Å². The lowest BCUT2D eigenvalue weighted by Crippen LogP contribution is -2.08. The molecule has 1 heterocycles. The molecule has 0 spiro atoms. The molecule has 3 heteroatoms. The lowest BCUT2D eigenvalue weighted by atomic mass is 10.1. The van der Waals surface area contributed by atoms with Crippen molar-refractivity contribution in [2.75, 3.05) is 6.61 Å². The third-order valence-electron chi connectivity index (χ3n) is 3.34. The number of ether oxygens (including phenoxy) is 1. The van der Waals surface area contributed by atoms with Crippen LogP contribution in [-0.2, 0) is 11.2 Å². The molecule has 0 aliphatic carbocycles. The van der Waals surface area contributed by atoms with Crippen molar-refractivity contribution >= 4 is 27.2 Å². The number of hydrogen-bond donors (Lipinski definition) is 0. The largest absolute Gasteiger partial charge is 0.493 e. The Morgan fingerprint density at radius 1 is 1.00 bits per heavy atom. The van der Waals surface area contributed by atoms with Gasteiger partial charge in [0.05, 0.1) is 6.61 Å². The van der Waals surface area contributed by atoms with E-state index in [4.69, 9.17) is 4.74 Å². The van der Waals surface area contributed by atoms with Crippen LogP contribution in [0, 0.1) is 0 Å². The maximum absolute atomic E-state index is 12.1. The molecular weight excluding hydrogens is 280 g/mol. The van der Waals surface area contributed by atoms with Gasteiger partial charge in [-0.3, -0.25) is 4.79 Å². The van der Waals surface area contributed by atoms with Gasteiger partial charge in [0.1, 0.15) is 11.5 Å². The Hall–Kier alpha value is -2.13. The molecule has 0 saturated carbocycles. The second-order valence-corrected chi connectivity index (χ2v) is 5.80. The van der Waals surface area contributed by atoms with Gasteiger partial charge in [-0.15, -0.1) is 11.3 Å². The molecular formula is C18H16O2S. The van der Waals surface area contributed by atoms with Crippen LogP contribution in [0.15, 0.2) is 60.0 Å². The SMILES string of the molecule is O=C(CCOc1ccccc1)Cc1csc2ccccc12. The number of thiophene rings is 1. The van der Waals surface area contributed by atoms with E-state index < -0.39 is 0 Å². The molecule has 1 aromatic heterocycles. The van der Waals surface area contributed by atoms with E-state index in [9.17, 15) is 4.79 Å². The molecule has 21 heavy (non-hydrogen) atoms. The highest BCUT2D eigenvalue weighted by Gasteiger charge is 2.09. The van der Waals surface area contributed by atoms with E-state index >= 15 is 0 Å². The van der Waals surface area contributed by atoms with E-state index in [0.29, 0.717) is 19.4 Å². The van der Waals surface area contributed by atoms with Crippen LogP contribution in [-0.4, -0.2) is 12.4 Å². The highest BCUT2D eigenvalue weighted by Crippen LogP contribution is 2.26. The van der Waals surface area contributed by atoms with Gasteiger partial charge in [0.15, 0.2) is 0 Å². The molecule has 0 saturated heterocycles. The average Bonchev–Trinajstić information content (AvgIpc) is 2.92. The first-order valence-electron chi connectivity index (χ1n) is 6.97. The van der Waals surface area contributed by atoms with Gasteiger partial charge < -0.3 is 4.74 Å². The molecule has 0 atom stereocenters. The fourth-order valence-electron chi connectivity index (χ4n) is 2.27. The Bertz CT molecular complexity index is 731. The summed E-state index contributed by atoms with van der Waals surface area (Å²) in [4.78, 5) is 12.1. The van der Waals surface area contributed by atoms with Crippen LogP contribution in [0.3, 0.4) is 0 Å². The molecule has 0 N–H and O–H groups in total. The first kappa shape index (κ1) is 13.8. The standard InChI is InChI=1S/C18H16O2S/c19-15(10-11-20-16-6-2-1-3-7-16)12-14-13-21-18-9-5-4-8-17(14)18/h1-9,13H,10-12H2. The third-order valence-corrected chi connectivity index (χ3v) is 4.35. The van der Waals surface area contributed by atoms with Crippen LogP contribution in [0.4, 0.5) is 0 Å². The summed E-state index contributed by atoms with van der Waals surface area (Å²) in [6, 6.07) is 17.8. The molecule has 0 amide bonds. The number of carbonyl (C=O) groups excluding carboxylic acids is 1. The van der Waals surface area contributed by atoms with Crippen LogP contribution in [0.25, 0.3) is 10.1 Å². The zero-order valence-corrected chi connectivity index (χ0v) is 12.4. The van der Waals surface area contributed by atoms with Gasteiger partial charge in [-0.05, 0) is 34.5 Å². The number of rotatable bonds is 6. The topological polar surface area (TPSA) is 26.3 Å². The summed E-state index contributed by atoms with van der Waals surface area (Å²) in [6.07, 6.45) is 0.932. The maximum atomic E-state index is 12.1. The average molecular weight is 296 g/mol. The van der Waals surface area contributed by atoms with Crippen molar-refractivity contribution in [1.29, 1.82) is 0 Å². The molecule has 0 aliphatic heterocycles. The maximum Gasteiger partial charge on any atom is 0.140 e. The van der Waals surface area contributed by atoms with Crippen molar-refractivity contribution in [3.63, 3.8) is 0 Å². The zero-order valence-electron chi connectivity index (χ0n) is 11.6. The normalized spacial score (nSPS) is 10.7. The molecule has 0 bridgehead atoms. The molecule has 2 aromatic carbocycles. The number of para-hydroxylation sites is 1. The van der Waals surface area contributed by atoms with Crippen molar-refractivity contribution in [1.82, 2.24) is 0 Å². The van der Waals surface area contributed by atoms with Crippen LogP contribution >= 0.6 is 11.3 Å². The minimum atomic E-state index is 0.217. The van der Waals surface area contributed by atoms with Crippen molar-refractivity contribution in [3.05, 3.63) is 65.5 Å². The Morgan fingerprint density at radius 2 is 1.76 bits per heavy atom. The van der Waals surface area contributed by atoms with E-state index in [1.54, 1.807) is 11.3 Å². The lowest BCUT2D eigenvalue weighted by Gasteiger charge is -2.05. The van der Waals surface area contributed by atoms with Gasteiger partial charge in [0.25, 0.3) is 0 Å². The monoisotopic (exact) mass is 296 g/mol. The molecule has 2 nitrogen and oxygen atoms in total. The van der Waals surface area contributed by atoms with Gasteiger partial charge in [-0.25, -0.2) is 0 Å². The molecule has 0 radical (unpaired) electrons. The van der Waals surface area contributed by atoms with E-state index in [0.717, 1.165) is 11.3 Å². The van der Waals surface area contributed by atoms with E-state index in [1.165, 1.54) is 10.1 Å². The Balaban J connectivity index is 1.55. The summed E-state index contributed by atoms with van der Waals surface area (Å²) in [6.45, 7) is 0.435. The van der Waals surface area contributed by atoms with Gasteiger partial charge in [0, 0.05) is 17.5 Å². The molecule has 106 valence electrons. The van der Waals surface area contributed by atoms with Gasteiger partial charge in [-0.2, -0.15) is 0 Å². The summed E-state index contributed by atoms with van der Waals surface area (Å²) in [7, 11) is 0. The fourth-order valence-corrected chi connectivity index (χ4v) is 3.23. The predicted molar refractivity (Wildman–Crippen MR) is 87.1 cm³/mol. The van der Waals surface area contributed by atoms with Crippen LogP contribution in [0.5, 0.6) is 5.75 Å². The summed E-state index contributed by atoms with van der Waals surface area (Å²) in [5.74, 6) is 1.03. The number of fused-ring (bicyclic) bond motifs is 1. The smallest absolute Gasteiger partial charge is 0.140 e. The third kappa shape index (κ3) is 3.50. The van der Waals surface area contributed by atoms with E-state index in [2.05, 4.69) is 17.5 Å². The molecule has 3 aromatic rings. The molecule has 3 rings (SSSR count). The first-order valence-corrected chi connectivity index (χ1v) is 7.85. The van der Waals surface area contributed by atoms with Crippen molar-refractivity contribution in [3.8, 4) is 5.75 Å². The molecule has 0 unspecified atom stereocenters. The van der Waals surface area contributed by atoms with Crippen molar-refractivity contribution in [2.24, 2.45) is 0 Å². The van der Waals surface area contributed by atoms with E-state index in [1.807, 2.05) is 42.5 Å². The number of hydrogen-bond acceptors (Lipinski definition) is 3. The van der Waals surface area contributed by atoms with Crippen molar-refractivity contribution in [2.45, 2.75) is 12.8 Å². The summed E-state index contributed by atoms with van der Waals surface area (Å²) >= 11 is 1.69. The molecule has 0 fully saturated rings. The molecule has 0 aliphatic rings. The minimum absolute atomic E-state index is 0.217. The summed E-state index contributed by atoms with van der Waals surface area (Å²) < 4.78 is 6.80. The Kier molecular flexibility index (Phi) is 4.31. The number of carbonyl (C=O) groups is 1. The quantitative estimate of drug-likeness (QED) is 0.670. The van der Waals surface area contributed by atoms with Gasteiger partial charge >= 0.3 is 0 Å². The van der Waals surface area contributed by atoms with Crippen LogP contribution in [0.2, 0.25) is 0 Å². The summed E-state index contributed by atoms with van der Waals surface area (Å²) in [5, 5.41) is 3.28. The van der Waals surface area contributed by atoms with Gasteiger partial charge in [0.2, 0.25) is 0 Å². The highest BCUT2D eigenvalue weighted by atomic mass is 32.1. The van der Waals surface area contributed by atoms with Crippen molar-refractivity contribution < 1.29 is 9.53 Å². The predicted octanol–water partition coefficient (Wildman–Crippen LogP) is 4.48. The number of Topliss-reactive ketones (excluding diaryl/α,β-unsaturated/α-hetero) is 1. The number of benzene rings is 2. The summed E-state index contributed by atoms with van der Waals surface area (Å²) in [5.41, 5.74) is 1.13. The first-order chi connectivity index (χ1) is 10.3. The fraction of sp³-hybridized carbons (Fsp3) is 0.167. The minimum Gasteiger partial charge on any atom is -0.493 e. The zero-order chi connectivity index (χ0) is 14.5. The van der Waals surface area contributed by atoms with Crippen LogP contribution in [0.1, 0.15) is 12.0 Å². The lowest BCUT2D eigenvalue weighted by molar-refractivity contribution is -0.118. The van der Waals surface area contributed by atoms with E-state index in [-0.39, 0.29) is 5.78 Å². The second kappa shape index (κ2) is 6.55. The van der Waals surface area contributed by atoms with Crippen LogP contribution < -0.4 is 4.74 Å². The highest BCUT2D eigenvalue weighted by molar-refractivity contribution is 7.17. The second-order valence-electron chi connectivity index (χ2n) is 4.88. The van der Waals surface area contributed by atoms with Gasteiger partial charge in [-0.1, -0.05) is 36.4 Å². The number of ketones is 1.